The van der Waals surface area contributed by atoms with E-state index in [1.165, 1.54) is 11.1 Å². The van der Waals surface area contributed by atoms with Gasteiger partial charge in [-0.15, -0.1) is 0 Å². The van der Waals surface area contributed by atoms with Crippen molar-refractivity contribution in [3.63, 3.8) is 0 Å². The number of aliphatic hydroxyl groups is 1. The summed E-state index contributed by atoms with van der Waals surface area (Å²) in [6, 6.07) is 15.8. The molecule has 0 heterocycles. The minimum Gasteiger partial charge on any atom is -0.459 e. The molecular formula is C27H36N2O5. The molecule has 0 saturated carbocycles. The lowest BCUT2D eigenvalue weighted by Gasteiger charge is -2.28. The molecule has 1 aliphatic carbocycles. The molecule has 0 radical (unpaired) electrons. The van der Waals surface area contributed by atoms with Crippen molar-refractivity contribution in [2.75, 3.05) is 19.7 Å². The van der Waals surface area contributed by atoms with Gasteiger partial charge in [0.2, 0.25) is 0 Å². The van der Waals surface area contributed by atoms with Crippen LogP contribution in [0.4, 0.5) is 4.79 Å². The first-order valence-electron chi connectivity index (χ1n) is 11.8. The van der Waals surface area contributed by atoms with E-state index in [0.717, 1.165) is 11.1 Å². The molecule has 7 nitrogen and oxygen atoms in total. The maximum atomic E-state index is 12.6. The first-order chi connectivity index (χ1) is 16.1. The van der Waals surface area contributed by atoms with E-state index in [2.05, 4.69) is 34.9 Å². The average molecular weight is 469 g/mol. The van der Waals surface area contributed by atoms with E-state index < -0.39 is 29.8 Å². The fraction of sp³-hybridized carbons (Fsp3) is 0.481. The second-order valence-electron chi connectivity index (χ2n) is 10.0. The van der Waals surface area contributed by atoms with Crippen molar-refractivity contribution in [1.29, 1.82) is 0 Å². The smallest absolute Gasteiger partial charge is 0.407 e. The summed E-state index contributed by atoms with van der Waals surface area (Å²) >= 11 is 0. The molecule has 7 heteroatoms. The average Bonchev–Trinajstić information content (AvgIpc) is 3.08. The Kier molecular flexibility index (Phi) is 8.33. The Bertz CT molecular complexity index is 953. The molecule has 3 N–H and O–H groups in total. The molecule has 34 heavy (non-hydrogen) atoms. The third-order valence-electron chi connectivity index (χ3n) is 5.80. The van der Waals surface area contributed by atoms with Gasteiger partial charge in [0.25, 0.3) is 0 Å². The van der Waals surface area contributed by atoms with E-state index in [4.69, 9.17) is 9.47 Å². The van der Waals surface area contributed by atoms with Gasteiger partial charge in [0.15, 0.2) is 0 Å². The lowest BCUT2D eigenvalue weighted by Crippen LogP contribution is -2.51. The summed E-state index contributed by atoms with van der Waals surface area (Å²) < 4.78 is 10.9. The Morgan fingerprint density at radius 1 is 1.00 bits per heavy atom. The van der Waals surface area contributed by atoms with E-state index in [9.17, 15) is 14.7 Å². The quantitative estimate of drug-likeness (QED) is 0.484. The minimum atomic E-state index is -0.900. The number of nitrogens with one attached hydrogen (secondary N) is 2. The zero-order valence-electron chi connectivity index (χ0n) is 20.6. The Hall–Kier alpha value is -2.90. The van der Waals surface area contributed by atoms with Crippen LogP contribution in [0.15, 0.2) is 48.5 Å². The minimum absolute atomic E-state index is 0.0237. The maximum Gasteiger partial charge on any atom is 0.407 e. The van der Waals surface area contributed by atoms with Crippen LogP contribution in [0.5, 0.6) is 0 Å². The Morgan fingerprint density at radius 3 is 2.09 bits per heavy atom. The molecule has 3 rings (SSSR count). The first-order valence-corrected chi connectivity index (χ1v) is 11.8. The summed E-state index contributed by atoms with van der Waals surface area (Å²) in [6.07, 6.45) is -1.48. The van der Waals surface area contributed by atoms with Gasteiger partial charge in [0, 0.05) is 12.5 Å². The molecule has 1 aliphatic rings. The summed E-state index contributed by atoms with van der Waals surface area (Å²) in [5.41, 5.74) is 4.05. The molecule has 0 fully saturated rings. The number of carbonyl (C=O) groups is 2. The molecule has 0 aromatic heterocycles. The van der Waals surface area contributed by atoms with Crippen LogP contribution in [0.3, 0.4) is 0 Å². The monoisotopic (exact) mass is 468 g/mol. The SMILES string of the molecule is CC(C)[C@H](NC(=O)OCC1c2ccccc2-c2ccccc21)C(O)CNCC(=O)OC(C)(C)C. The summed E-state index contributed by atoms with van der Waals surface area (Å²) in [4.78, 5) is 24.5. The van der Waals surface area contributed by atoms with E-state index in [-0.39, 0.29) is 31.5 Å². The van der Waals surface area contributed by atoms with Crippen molar-refractivity contribution in [3.05, 3.63) is 59.7 Å². The van der Waals surface area contributed by atoms with Crippen molar-refractivity contribution in [2.45, 2.75) is 58.3 Å². The van der Waals surface area contributed by atoms with Crippen LogP contribution in [0.25, 0.3) is 11.1 Å². The van der Waals surface area contributed by atoms with E-state index in [1.54, 1.807) is 20.8 Å². The molecule has 0 spiro atoms. The van der Waals surface area contributed by atoms with Crippen LogP contribution in [0.1, 0.15) is 51.7 Å². The highest BCUT2D eigenvalue weighted by Crippen LogP contribution is 2.44. The zero-order chi connectivity index (χ0) is 24.9. The predicted octanol–water partition coefficient (Wildman–Crippen LogP) is 3.84. The number of carbonyl (C=O) groups excluding carboxylic acids is 2. The van der Waals surface area contributed by atoms with Gasteiger partial charge in [-0.1, -0.05) is 62.4 Å². The van der Waals surface area contributed by atoms with Crippen LogP contribution in [-0.2, 0) is 14.3 Å². The fourth-order valence-corrected chi connectivity index (χ4v) is 4.31. The summed E-state index contributed by atoms with van der Waals surface area (Å²) in [5, 5.41) is 16.3. The second kappa shape index (κ2) is 11.0. The van der Waals surface area contributed by atoms with Gasteiger partial charge in [0.05, 0.1) is 18.7 Å². The fourth-order valence-electron chi connectivity index (χ4n) is 4.31. The van der Waals surface area contributed by atoms with E-state index in [0.29, 0.717) is 0 Å². The van der Waals surface area contributed by atoms with Gasteiger partial charge in [-0.25, -0.2) is 4.79 Å². The second-order valence-corrected chi connectivity index (χ2v) is 10.0. The van der Waals surface area contributed by atoms with E-state index in [1.807, 2.05) is 38.1 Å². The number of esters is 1. The summed E-state index contributed by atoms with van der Waals surface area (Å²) in [5.74, 6) is -0.472. The number of alkyl carbamates (subject to hydrolysis) is 1. The third-order valence-corrected chi connectivity index (χ3v) is 5.80. The highest BCUT2D eigenvalue weighted by atomic mass is 16.6. The number of benzene rings is 2. The molecular weight excluding hydrogens is 432 g/mol. The molecule has 2 aromatic carbocycles. The summed E-state index contributed by atoms with van der Waals surface area (Å²) in [7, 11) is 0. The molecule has 2 atom stereocenters. The number of rotatable bonds is 9. The molecule has 0 aliphatic heterocycles. The van der Waals surface area contributed by atoms with Crippen molar-refractivity contribution in [2.24, 2.45) is 5.92 Å². The van der Waals surface area contributed by atoms with Gasteiger partial charge in [-0.05, 0) is 48.9 Å². The Morgan fingerprint density at radius 2 is 1.56 bits per heavy atom. The predicted molar refractivity (Wildman–Crippen MR) is 132 cm³/mol. The molecule has 2 aromatic rings. The third kappa shape index (κ3) is 6.58. The standard InChI is InChI=1S/C27H36N2O5/c1-17(2)25(23(30)14-28-15-24(31)34-27(3,4)5)29-26(32)33-16-22-20-12-8-6-10-18(20)19-11-7-9-13-21(19)22/h6-13,17,22-23,25,28,30H,14-16H2,1-5H3,(H,29,32)/t23?,25-/m0/s1. The summed E-state index contributed by atoms with van der Waals surface area (Å²) in [6.45, 7) is 9.52. The van der Waals surface area contributed by atoms with Crippen LogP contribution < -0.4 is 10.6 Å². The van der Waals surface area contributed by atoms with Crippen LogP contribution in [0, 0.1) is 5.92 Å². The number of hydrogen-bond acceptors (Lipinski definition) is 6. The molecule has 0 bridgehead atoms. The maximum absolute atomic E-state index is 12.6. The van der Waals surface area contributed by atoms with Gasteiger partial charge >= 0.3 is 12.1 Å². The molecule has 0 saturated heterocycles. The zero-order valence-corrected chi connectivity index (χ0v) is 20.6. The van der Waals surface area contributed by atoms with Gasteiger partial charge in [-0.2, -0.15) is 0 Å². The largest absolute Gasteiger partial charge is 0.459 e. The number of fused-ring (bicyclic) bond motifs is 3. The van der Waals surface area contributed by atoms with Crippen molar-refractivity contribution >= 4 is 12.1 Å². The number of ether oxygens (including phenoxy) is 2. The topological polar surface area (TPSA) is 96.9 Å². The highest BCUT2D eigenvalue weighted by Gasteiger charge is 2.30. The Labute approximate surface area is 201 Å². The van der Waals surface area contributed by atoms with Crippen LogP contribution >= 0.6 is 0 Å². The number of hydrogen-bond donors (Lipinski definition) is 3. The first kappa shape index (κ1) is 25.7. The lowest BCUT2D eigenvalue weighted by atomic mass is 9.98. The number of aliphatic hydroxyl groups excluding tert-OH is 1. The molecule has 1 unspecified atom stereocenters. The van der Waals surface area contributed by atoms with E-state index >= 15 is 0 Å². The Balaban J connectivity index is 1.54. The normalized spacial score (nSPS) is 14.8. The lowest BCUT2D eigenvalue weighted by molar-refractivity contribution is -0.153. The molecule has 184 valence electrons. The molecule has 1 amide bonds. The van der Waals surface area contributed by atoms with Gasteiger partial charge < -0.3 is 25.2 Å². The van der Waals surface area contributed by atoms with Crippen molar-refractivity contribution in [3.8, 4) is 11.1 Å². The van der Waals surface area contributed by atoms with Gasteiger partial charge in [-0.3, -0.25) is 4.79 Å². The number of amides is 1. The van der Waals surface area contributed by atoms with Crippen molar-refractivity contribution < 1.29 is 24.2 Å². The highest BCUT2D eigenvalue weighted by molar-refractivity contribution is 5.79. The van der Waals surface area contributed by atoms with Gasteiger partial charge in [0.1, 0.15) is 12.2 Å². The van der Waals surface area contributed by atoms with Crippen LogP contribution in [-0.4, -0.2) is 54.6 Å². The van der Waals surface area contributed by atoms with Crippen molar-refractivity contribution in [1.82, 2.24) is 10.6 Å². The van der Waals surface area contributed by atoms with Crippen LogP contribution in [0.2, 0.25) is 0 Å².